The Morgan fingerprint density at radius 3 is 2.54 bits per heavy atom. The summed E-state index contributed by atoms with van der Waals surface area (Å²) in [6.45, 7) is 11.7. The standard InChI is InChI=1S/C23H30O3/c1-8-26-23(24)14-17(3)11-9-10-16(2)12-13-21-18(4)15-22(25-7)20(6)19(21)5/h9-15H,8H2,1-7H3/i7D3. The topological polar surface area (TPSA) is 35.5 Å². The van der Waals surface area contributed by atoms with Crippen LogP contribution in [0.5, 0.6) is 5.75 Å². The van der Waals surface area contributed by atoms with Crippen molar-refractivity contribution < 1.29 is 18.4 Å². The first kappa shape index (κ1) is 16.9. The number of allylic oxidation sites excluding steroid dienone is 6. The molecule has 0 aliphatic heterocycles. The summed E-state index contributed by atoms with van der Waals surface area (Å²) < 4.78 is 31.9. The van der Waals surface area contributed by atoms with Gasteiger partial charge in [0.25, 0.3) is 0 Å². The molecule has 1 aromatic rings. The fraction of sp³-hybridized carbons (Fsp3) is 0.348. The largest absolute Gasteiger partial charge is 0.496 e. The second-order valence-corrected chi connectivity index (χ2v) is 6.20. The van der Waals surface area contributed by atoms with Crippen molar-refractivity contribution in [2.75, 3.05) is 13.6 Å². The average Bonchev–Trinajstić information content (AvgIpc) is 2.58. The van der Waals surface area contributed by atoms with E-state index in [1.54, 1.807) is 13.0 Å². The van der Waals surface area contributed by atoms with Gasteiger partial charge in [-0.05, 0) is 75.4 Å². The summed E-state index contributed by atoms with van der Waals surface area (Å²) in [5, 5.41) is 0. The highest BCUT2D eigenvalue weighted by molar-refractivity contribution is 5.83. The van der Waals surface area contributed by atoms with Crippen molar-refractivity contribution in [1.82, 2.24) is 0 Å². The van der Waals surface area contributed by atoms with Crippen LogP contribution >= 0.6 is 0 Å². The summed E-state index contributed by atoms with van der Waals surface area (Å²) >= 11 is 0. The van der Waals surface area contributed by atoms with E-state index in [-0.39, 0.29) is 5.97 Å². The van der Waals surface area contributed by atoms with Crippen LogP contribution in [0.1, 0.15) is 47.1 Å². The van der Waals surface area contributed by atoms with E-state index in [1.165, 1.54) is 6.08 Å². The van der Waals surface area contributed by atoms with Crippen molar-refractivity contribution in [3.05, 3.63) is 69.8 Å². The maximum atomic E-state index is 11.4. The Kier molecular flexibility index (Phi) is 6.79. The lowest BCUT2D eigenvalue weighted by atomic mass is 9.96. The van der Waals surface area contributed by atoms with E-state index in [4.69, 9.17) is 13.6 Å². The third kappa shape index (κ3) is 6.40. The van der Waals surface area contributed by atoms with Gasteiger partial charge in [0.1, 0.15) is 5.75 Å². The fourth-order valence-corrected chi connectivity index (χ4v) is 2.47. The van der Waals surface area contributed by atoms with E-state index in [0.717, 1.165) is 33.4 Å². The Labute approximate surface area is 161 Å². The molecular formula is C23H30O3. The van der Waals surface area contributed by atoms with Crippen molar-refractivity contribution in [3.8, 4) is 5.75 Å². The van der Waals surface area contributed by atoms with E-state index < -0.39 is 7.04 Å². The molecule has 0 aliphatic carbocycles. The normalized spacial score (nSPS) is 15.1. The molecule has 0 atom stereocenters. The summed E-state index contributed by atoms with van der Waals surface area (Å²) in [5.74, 6) is 0.0405. The molecule has 0 N–H and O–H groups in total. The zero-order valence-corrected chi connectivity index (χ0v) is 16.5. The number of carbonyl (C=O) groups is 1. The maximum absolute atomic E-state index is 11.4. The molecule has 26 heavy (non-hydrogen) atoms. The monoisotopic (exact) mass is 357 g/mol. The van der Waals surface area contributed by atoms with Crippen LogP contribution in [-0.2, 0) is 9.53 Å². The van der Waals surface area contributed by atoms with Gasteiger partial charge < -0.3 is 9.47 Å². The third-order valence-electron chi connectivity index (χ3n) is 4.08. The molecule has 0 aliphatic rings. The van der Waals surface area contributed by atoms with Crippen molar-refractivity contribution in [3.63, 3.8) is 0 Å². The SMILES string of the molecule is [2H]C([2H])([2H])Oc1cc(C)c(C=CC(C)=CC=CC(C)=CC(=O)OCC)c(C)c1C. The Balaban J connectivity index is 2.97. The van der Waals surface area contributed by atoms with Crippen molar-refractivity contribution >= 4 is 12.0 Å². The van der Waals surface area contributed by atoms with Crippen molar-refractivity contribution in [1.29, 1.82) is 0 Å². The number of benzene rings is 1. The molecule has 0 radical (unpaired) electrons. The van der Waals surface area contributed by atoms with Crippen LogP contribution in [-0.4, -0.2) is 19.6 Å². The maximum Gasteiger partial charge on any atom is 0.330 e. The van der Waals surface area contributed by atoms with Crippen LogP contribution in [0, 0.1) is 20.8 Å². The summed E-state index contributed by atoms with van der Waals surface area (Å²) in [4.78, 5) is 11.4. The van der Waals surface area contributed by atoms with E-state index >= 15 is 0 Å². The van der Waals surface area contributed by atoms with Gasteiger partial charge in [-0.3, -0.25) is 0 Å². The lowest BCUT2D eigenvalue weighted by molar-refractivity contribution is -0.137. The highest BCUT2D eigenvalue weighted by atomic mass is 16.5. The Morgan fingerprint density at radius 2 is 1.88 bits per heavy atom. The first-order valence-electron chi connectivity index (χ1n) is 10.1. The predicted octanol–water partition coefficient (Wildman–Crippen LogP) is 5.65. The molecule has 0 unspecified atom stereocenters. The van der Waals surface area contributed by atoms with Crippen LogP contribution < -0.4 is 4.74 Å². The molecule has 0 bridgehead atoms. The average molecular weight is 358 g/mol. The third-order valence-corrected chi connectivity index (χ3v) is 4.08. The highest BCUT2D eigenvalue weighted by Gasteiger charge is 2.08. The molecule has 0 spiro atoms. The van der Waals surface area contributed by atoms with Crippen LogP contribution in [0.4, 0.5) is 0 Å². The van der Waals surface area contributed by atoms with E-state index in [1.807, 2.05) is 65.0 Å². The Morgan fingerprint density at radius 1 is 1.15 bits per heavy atom. The molecule has 3 heteroatoms. The highest BCUT2D eigenvalue weighted by Crippen LogP contribution is 2.28. The molecule has 1 rings (SSSR count). The number of hydrogen-bond donors (Lipinski definition) is 0. The molecule has 0 heterocycles. The van der Waals surface area contributed by atoms with E-state index in [2.05, 4.69) is 0 Å². The lowest BCUT2D eigenvalue weighted by Crippen LogP contribution is -1.99. The van der Waals surface area contributed by atoms with E-state index in [9.17, 15) is 4.79 Å². The Hall–Kier alpha value is -2.55. The minimum Gasteiger partial charge on any atom is -0.496 e. The quantitative estimate of drug-likeness (QED) is 0.359. The van der Waals surface area contributed by atoms with Crippen LogP contribution in [0.3, 0.4) is 0 Å². The second-order valence-electron chi connectivity index (χ2n) is 6.20. The number of methoxy groups -OCH3 is 1. The van der Waals surface area contributed by atoms with Gasteiger partial charge in [0.2, 0.25) is 0 Å². The second kappa shape index (κ2) is 10.4. The first-order valence-corrected chi connectivity index (χ1v) is 8.62. The van der Waals surface area contributed by atoms with E-state index in [0.29, 0.717) is 12.4 Å². The van der Waals surface area contributed by atoms with Crippen molar-refractivity contribution in [2.24, 2.45) is 0 Å². The van der Waals surface area contributed by atoms with Gasteiger partial charge in [0.05, 0.1) is 17.8 Å². The Bertz CT molecular complexity index is 857. The van der Waals surface area contributed by atoms with Crippen molar-refractivity contribution in [2.45, 2.75) is 41.5 Å². The molecule has 3 nitrogen and oxygen atoms in total. The predicted molar refractivity (Wildman–Crippen MR) is 110 cm³/mol. The molecular weight excluding hydrogens is 324 g/mol. The molecule has 1 aromatic carbocycles. The zero-order chi connectivity index (χ0) is 22.2. The number of rotatable bonds is 7. The number of hydrogen-bond acceptors (Lipinski definition) is 3. The number of carbonyl (C=O) groups excluding carboxylic acids is 1. The summed E-state index contributed by atoms with van der Waals surface area (Å²) in [6, 6.07) is 1.76. The smallest absolute Gasteiger partial charge is 0.330 e. The minimum absolute atomic E-state index is 0.345. The molecule has 0 amide bonds. The first-order chi connectivity index (χ1) is 13.4. The van der Waals surface area contributed by atoms with Gasteiger partial charge in [0, 0.05) is 6.08 Å². The van der Waals surface area contributed by atoms with Gasteiger partial charge in [-0.15, -0.1) is 0 Å². The summed E-state index contributed by atoms with van der Waals surface area (Å²) in [5.41, 5.74) is 5.62. The van der Waals surface area contributed by atoms with Gasteiger partial charge in [-0.1, -0.05) is 36.0 Å². The van der Waals surface area contributed by atoms with Crippen LogP contribution in [0.15, 0.2) is 47.6 Å². The van der Waals surface area contributed by atoms with Gasteiger partial charge in [-0.2, -0.15) is 0 Å². The summed E-state index contributed by atoms with van der Waals surface area (Å²) in [7, 11) is -2.47. The summed E-state index contributed by atoms with van der Waals surface area (Å²) in [6.07, 6.45) is 11.1. The van der Waals surface area contributed by atoms with Crippen LogP contribution in [0.2, 0.25) is 0 Å². The van der Waals surface area contributed by atoms with Gasteiger partial charge in [0.15, 0.2) is 0 Å². The van der Waals surface area contributed by atoms with Gasteiger partial charge >= 0.3 is 5.97 Å². The zero-order valence-electron chi connectivity index (χ0n) is 19.5. The van der Waals surface area contributed by atoms with Crippen LogP contribution in [0.25, 0.3) is 6.08 Å². The minimum atomic E-state index is -2.47. The number of esters is 1. The lowest BCUT2D eigenvalue weighted by Gasteiger charge is -2.13. The molecule has 0 saturated carbocycles. The molecule has 0 aromatic heterocycles. The molecule has 0 fully saturated rings. The molecule has 140 valence electrons. The number of ether oxygens (including phenoxy) is 2. The number of aryl methyl sites for hydroxylation is 1. The molecule has 0 saturated heterocycles. The fourth-order valence-electron chi connectivity index (χ4n) is 2.47. The van der Waals surface area contributed by atoms with Gasteiger partial charge in [-0.25, -0.2) is 4.79 Å².